The molecule has 1 atom stereocenters. The van der Waals surface area contributed by atoms with Crippen molar-refractivity contribution >= 4 is 17.5 Å². The maximum Gasteiger partial charge on any atom is 0.296 e. The van der Waals surface area contributed by atoms with Crippen molar-refractivity contribution in [2.24, 2.45) is 0 Å². The van der Waals surface area contributed by atoms with Crippen LogP contribution < -0.4 is 11.1 Å². The topological polar surface area (TPSA) is 106 Å². The molecule has 35 heavy (non-hydrogen) atoms. The highest BCUT2D eigenvalue weighted by atomic mass is 19.3. The molecule has 2 heterocycles. The second-order valence-corrected chi connectivity index (χ2v) is 8.66. The molecule has 4 aromatic rings. The van der Waals surface area contributed by atoms with Crippen LogP contribution in [-0.4, -0.2) is 38.1 Å². The molecule has 0 aliphatic heterocycles. The maximum absolute atomic E-state index is 15.0. The minimum atomic E-state index is -3.69. The SMILES string of the molecule is Cc1ccc(C(C)(O)C(F)(F)CNC(=O)c2cc(-c3ccn4nc(N)nc4c3)c(F)cc2C)cc1. The van der Waals surface area contributed by atoms with Crippen LogP contribution in [0, 0.1) is 19.7 Å². The summed E-state index contributed by atoms with van der Waals surface area (Å²) in [5.41, 5.74) is 5.10. The first-order valence-corrected chi connectivity index (χ1v) is 10.8. The predicted octanol–water partition coefficient (Wildman–Crippen LogP) is 4.01. The molecule has 182 valence electrons. The highest BCUT2D eigenvalue weighted by molar-refractivity contribution is 5.97. The summed E-state index contributed by atoms with van der Waals surface area (Å²) >= 11 is 0. The van der Waals surface area contributed by atoms with E-state index in [0.717, 1.165) is 18.6 Å². The maximum atomic E-state index is 15.0. The number of nitrogen functional groups attached to an aromatic ring is 1. The van der Waals surface area contributed by atoms with Crippen molar-refractivity contribution in [3.05, 3.63) is 82.8 Å². The zero-order valence-corrected chi connectivity index (χ0v) is 19.3. The van der Waals surface area contributed by atoms with Gasteiger partial charge in [-0.15, -0.1) is 5.10 Å². The van der Waals surface area contributed by atoms with Gasteiger partial charge in [0.2, 0.25) is 5.95 Å². The van der Waals surface area contributed by atoms with Gasteiger partial charge in [-0.2, -0.15) is 4.98 Å². The number of rotatable bonds is 6. The first-order chi connectivity index (χ1) is 16.4. The van der Waals surface area contributed by atoms with Crippen molar-refractivity contribution in [3.8, 4) is 11.1 Å². The number of halogens is 3. The van der Waals surface area contributed by atoms with Gasteiger partial charge in [0.15, 0.2) is 11.2 Å². The largest absolute Gasteiger partial charge is 0.379 e. The van der Waals surface area contributed by atoms with E-state index < -0.39 is 29.8 Å². The monoisotopic (exact) mass is 483 g/mol. The summed E-state index contributed by atoms with van der Waals surface area (Å²) in [5.74, 6) is -5.05. The van der Waals surface area contributed by atoms with Gasteiger partial charge in [-0.1, -0.05) is 29.8 Å². The van der Waals surface area contributed by atoms with Crippen LogP contribution in [0.3, 0.4) is 0 Å². The summed E-state index contributed by atoms with van der Waals surface area (Å²) in [7, 11) is 0. The molecule has 0 saturated carbocycles. The van der Waals surface area contributed by atoms with Crippen molar-refractivity contribution in [1.29, 1.82) is 0 Å². The van der Waals surface area contributed by atoms with E-state index >= 15 is 0 Å². The van der Waals surface area contributed by atoms with Gasteiger partial charge in [0.25, 0.3) is 11.8 Å². The summed E-state index contributed by atoms with van der Waals surface area (Å²) in [6, 6.07) is 11.6. The van der Waals surface area contributed by atoms with Crippen molar-refractivity contribution in [2.45, 2.75) is 32.3 Å². The summed E-state index contributed by atoms with van der Waals surface area (Å²) in [5, 5.41) is 16.7. The first kappa shape index (κ1) is 24.2. The molecule has 4 rings (SSSR count). The van der Waals surface area contributed by atoms with Crippen LogP contribution in [0.5, 0.6) is 0 Å². The third-order valence-electron chi connectivity index (χ3n) is 6.02. The van der Waals surface area contributed by atoms with Crippen molar-refractivity contribution in [1.82, 2.24) is 19.9 Å². The number of aryl methyl sites for hydroxylation is 2. The summed E-state index contributed by atoms with van der Waals surface area (Å²) in [6.45, 7) is 3.18. The van der Waals surface area contributed by atoms with Gasteiger partial charge < -0.3 is 16.2 Å². The summed E-state index contributed by atoms with van der Waals surface area (Å²) < 4.78 is 46.1. The molecule has 4 N–H and O–H groups in total. The standard InChI is InChI=1S/C25H24F3N5O2/c1-14-4-6-17(7-5-14)24(3,35)25(27,28)13-30-22(34)18-12-19(20(26)10-15(18)2)16-8-9-33-21(11-16)31-23(29)32-33/h4-12,35H,13H2,1-3H3,(H2,29,32)(H,30,34). The van der Waals surface area contributed by atoms with Gasteiger partial charge in [-0.25, -0.2) is 17.7 Å². The highest BCUT2D eigenvalue weighted by Crippen LogP contribution is 2.37. The molecule has 0 saturated heterocycles. The number of nitrogens with one attached hydrogen (secondary N) is 1. The molecule has 0 fully saturated rings. The van der Waals surface area contributed by atoms with Gasteiger partial charge in [0, 0.05) is 17.3 Å². The number of alkyl halides is 2. The molecule has 1 amide bonds. The number of anilines is 1. The van der Waals surface area contributed by atoms with E-state index in [4.69, 9.17) is 5.73 Å². The van der Waals surface area contributed by atoms with Crippen molar-refractivity contribution in [3.63, 3.8) is 0 Å². The first-order valence-electron chi connectivity index (χ1n) is 10.8. The fourth-order valence-corrected chi connectivity index (χ4v) is 3.75. The quantitative estimate of drug-likeness (QED) is 0.384. The predicted molar refractivity (Wildman–Crippen MR) is 126 cm³/mol. The molecule has 0 radical (unpaired) electrons. The molecule has 7 nitrogen and oxygen atoms in total. The molecule has 2 aromatic heterocycles. The fraction of sp³-hybridized carbons (Fsp3) is 0.240. The number of amides is 1. The Morgan fingerprint density at radius 1 is 1.14 bits per heavy atom. The van der Waals surface area contributed by atoms with E-state index in [2.05, 4.69) is 15.4 Å². The number of hydrogen-bond acceptors (Lipinski definition) is 5. The van der Waals surface area contributed by atoms with E-state index in [1.54, 1.807) is 37.4 Å². The lowest BCUT2D eigenvalue weighted by Crippen LogP contribution is -2.50. The van der Waals surface area contributed by atoms with E-state index in [1.165, 1.54) is 29.6 Å². The van der Waals surface area contributed by atoms with Gasteiger partial charge in [-0.3, -0.25) is 4.79 Å². The molecule has 2 aromatic carbocycles. The number of hydrogen-bond donors (Lipinski definition) is 3. The lowest BCUT2D eigenvalue weighted by atomic mass is 9.88. The number of carbonyl (C=O) groups excluding carboxylic acids is 1. The van der Waals surface area contributed by atoms with E-state index in [0.29, 0.717) is 11.2 Å². The fourth-order valence-electron chi connectivity index (χ4n) is 3.75. The van der Waals surface area contributed by atoms with Crippen LogP contribution in [0.15, 0.2) is 54.7 Å². The van der Waals surface area contributed by atoms with Gasteiger partial charge in [0.05, 0.1) is 6.54 Å². The molecular weight excluding hydrogens is 459 g/mol. The third-order valence-corrected chi connectivity index (χ3v) is 6.02. The Balaban J connectivity index is 1.59. The molecule has 10 heteroatoms. The van der Waals surface area contributed by atoms with Crippen LogP contribution in [0.2, 0.25) is 0 Å². The average Bonchev–Trinajstić information content (AvgIpc) is 3.17. The minimum Gasteiger partial charge on any atom is -0.379 e. The van der Waals surface area contributed by atoms with Crippen LogP contribution in [0.25, 0.3) is 16.8 Å². The molecule has 0 aliphatic rings. The van der Waals surface area contributed by atoms with Gasteiger partial charge >= 0.3 is 0 Å². The molecular formula is C25H24F3N5O2. The Labute approximate surface area is 199 Å². The van der Waals surface area contributed by atoms with Crippen molar-refractivity contribution < 1.29 is 23.1 Å². The Morgan fingerprint density at radius 2 is 1.83 bits per heavy atom. The zero-order chi connectivity index (χ0) is 25.5. The van der Waals surface area contributed by atoms with Crippen LogP contribution in [-0.2, 0) is 5.60 Å². The Bertz CT molecular complexity index is 1410. The third kappa shape index (κ3) is 4.57. The number of benzene rings is 2. The van der Waals surface area contributed by atoms with E-state index in [1.807, 2.05) is 0 Å². The molecule has 0 bridgehead atoms. The molecule has 0 spiro atoms. The Morgan fingerprint density at radius 3 is 2.51 bits per heavy atom. The number of aliphatic hydroxyl groups is 1. The number of nitrogens with zero attached hydrogens (tertiary/aromatic N) is 3. The summed E-state index contributed by atoms with van der Waals surface area (Å²) in [4.78, 5) is 16.9. The molecule has 0 aliphatic carbocycles. The lowest BCUT2D eigenvalue weighted by Gasteiger charge is -2.33. The Kier molecular flexibility index (Phi) is 6.02. The summed E-state index contributed by atoms with van der Waals surface area (Å²) in [6.07, 6.45) is 1.54. The number of carbonyl (C=O) groups is 1. The normalized spacial score (nSPS) is 13.6. The average molecular weight is 483 g/mol. The smallest absolute Gasteiger partial charge is 0.296 e. The lowest BCUT2D eigenvalue weighted by molar-refractivity contribution is -0.173. The molecule has 1 unspecified atom stereocenters. The number of aromatic nitrogens is 3. The van der Waals surface area contributed by atoms with E-state index in [9.17, 15) is 23.1 Å². The van der Waals surface area contributed by atoms with Crippen LogP contribution in [0.4, 0.5) is 19.1 Å². The number of pyridine rings is 1. The Hall–Kier alpha value is -3.92. The van der Waals surface area contributed by atoms with Gasteiger partial charge in [-0.05, 0) is 61.7 Å². The van der Waals surface area contributed by atoms with E-state index in [-0.39, 0.29) is 28.2 Å². The zero-order valence-electron chi connectivity index (χ0n) is 19.3. The second-order valence-electron chi connectivity index (χ2n) is 8.66. The van der Waals surface area contributed by atoms with Gasteiger partial charge in [0.1, 0.15) is 5.82 Å². The minimum absolute atomic E-state index is 0.0205. The highest BCUT2D eigenvalue weighted by Gasteiger charge is 2.50. The van der Waals surface area contributed by atoms with Crippen molar-refractivity contribution in [2.75, 3.05) is 12.3 Å². The second kappa shape index (κ2) is 8.70. The number of fused-ring (bicyclic) bond motifs is 1. The van der Waals surface area contributed by atoms with Crippen LogP contribution in [0.1, 0.15) is 34.0 Å². The van der Waals surface area contributed by atoms with Crippen LogP contribution >= 0.6 is 0 Å². The number of nitrogens with two attached hydrogens (primary N) is 1.